The molecule has 2 heteroatoms. The van der Waals surface area contributed by atoms with E-state index in [-0.39, 0.29) is 6.17 Å². The molecule has 2 unspecified atom stereocenters. The maximum atomic E-state index is 5.54. The zero-order valence-electron chi connectivity index (χ0n) is 6.79. The second-order valence-electron chi connectivity index (χ2n) is 3.88. The van der Waals surface area contributed by atoms with Crippen molar-refractivity contribution in [2.75, 3.05) is 0 Å². The molecule has 62 valence electrons. The first-order chi connectivity index (χ1) is 5.25. The Hall–Kier alpha value is -0.340. The molecule has 1 saturated carbocycles. The van der Waals surface area contributed by atoms with Crippen LogP contribution in [0.3, 0.4) is 0 Å². The van der Waals surface area contributed by atoms with Crippen molar-refractivity contribution in [2.45, 2.75) is 31.8 Å². The highest BCUT2D eigenvalue weighted by molar-refractivity contribution is 5.20. The van der Waals surface area contributed by atoms with Gasteiger partial charge in [-0.25, -0.2) is 0 Å². The summed E-state index contributed by atoms with van der Waals surface area (Å²) in [6.07, 6.45) is 7.34. The van der Waals surface area contributed by atoms with Crippen molar-refractivity contribution in [2.24, 2.45) is 23.3 Å². The monoisotopic (exact) mass is 152 g/mol. The first-order valence-corrected chi connectivity index (χ1v) is 4.47. The number of allylic oxidation sites excluding steroid dienone is 1. The summed E-state index contributed by atoms with van der Waals surface area (Å²) >= 11 is 0. The summed E-state index contributed by atoms with van der Waals surface area (Å²) in [5.74, 6) is 1.71. The van der Waals surface area contributed by atoms with E-state index in [1.165, 1.54) is 24.8 Å². The SMILES string of the molecule is NC(N)CC1=CC2CCC1C2. The van der Waals surface area contributed by atoms with Crippen LogP contribution in [0.25, 0.3) is 0 Å². The van der Waals surface area contributed by atoms with Crippen LogP contribution in [-0.4, -0.2) is 6.17 Å². The van der Waals surface area contributed by atoms with Gasteiger partial charge in [-0.15, -0.1) is 0 Å². The molecule has 1 fully saturated rings. The lowest BCUT2D eigenvalue weighted by molar-refractivity contribution is 0.583. The summed E-state index contributed by atoms with van der Waals surface area (Å²) in [5, 5.41) is 0. The van der Waals surface area contributed by atoms with Crippen molar-refractivity contribution in [3.8, 4) is 0 Å². The smallest absolute Gasteiger partial charge is 0.0559 e. The summed E-state index contributed by atoms with van der Waals surface area (Å²) in [6.45, 7) is 0. The summed E-state index contributed by atoms with van der Waals surface area (Å²) in [5.41, 5.74) is 12.6. The molecule has 0 aliphatic heterocycles. The van der Waals surface area contributed by atoms with Gasteiger partial charge in [0.25, 0.3) is 0 Å². The minimum absolute atomic E-state index is 0.138. The predicted molar refractivity (Wildman–Crippen MR) is 45.7 cm³/mol. The number of hydrogen-bond donors (Lipinski definition) is 2. The Morgan fingerprint density at radius 3 is 2.73 bits per heavy atom. The van der Waals surface area contributed by atoms with Crippen LogP contribution in [0.15, 0.2) is 11.6 Å². The molecule has 0 aromatic heterocycles. The van der Waals surface area contributed by atoms with Crippen LogP contribution in [0.4, 0.5) is 0 Å². The molecule has 0 amide bonds. The van der Waals surface area contributed by atoms with Crippen LogP contribution in [0, 0.1) is 11.8 Å². The molecule has 11 heavy (non-hydrogen) atoms. The van der Waals surface area contributed by atoms with Gasteiger partial charge < -0.3 is 11.5 Å². The summed E-state index contributed by atoms with van der Waals surface area (Å²) < 4.78 is 0. The molecule has 0 aromatic rings. The van der Waals surface area contributed by atoms with Gasteiger partial charge in [-0.05, 0) is 37.5 Å². The van der Waals surface area contributed by atoms with Gasteiger partial charge in [0.1, 0.15) is 0 Å². The topological polar surface area (TPSA) is 52.0 Å². The Balaban J connectivity index is 2.00. The van der Waals surface area contributed by atoms with Gasteiger partial charge >= 0.3 is 0 Å². The van der Waals surface area contributed by atoms with Crippen LogP contribution in [0.1, 0.15) is 25.7 Å². The van der Waals surface area contributed by atoms with E-state index in [4.69, 9.17) is 11.5 Å². The molecule has 4 N–H and O–H groups in total. The fourth-order valence-electron chi connectivity index (χ4n) is 2.45. The van der Waals surface area contributed by atoms with E-state index in [0.717, 1.165) is 18.3 Å². The average Bonchev–Trinajstić information content (AvgIpc) is 2.45. The number of rotatable bonds is 2. The summed E-state index contributed by atoms with van der Waals surface area (Å²) in [6, 6.07) is 0. The van der Waals surface area contributed by atoms with Crippen molar-refractivity contribution in [1.82, 2.24) is 0 Å². The van der Waals surface area contributed by atoms with Crippen molar-refractivity contribution in [3.63, 3.8) is 0 Å². The van der Waals surface area contributed by atoms with Crippen molar-refractivity contribution in [1.29, 1.82) is 0 Å². The third-order valence-electron chi connectivity index (χ3n) is 2.92. The Bertz CT molecular complexity index is 184. The van der Waals surface area contributed by atoms with Crippen molar-refractivity contribution >= 4 is 0 Å². The molecule has 0 radical (unpaired) electrons. The van der Waals surface area contributed by atoms with Crippen LogP contribution < -0.4 is 11.5 Å². The Labute approximate surface area is 67.6 Å². The number of fused-ring (bicyclic) bond motifs is 2. The fraction of sp³-hybridized carbons (Fsp3) is 0.778. The Kier molecular flexibility index (Phi) is 1.74. The Morgan fingerprint density at radius 2 is 2.27 bits per heavy atom. The summed E-state index contributed by atoms with van der Waals surface area (Å²) in [7, 11) is 0. The molecule has 2 nitrogen and oxygen atoms in total. The van der Waals surface area contributed by atoms with Gasteiger partial charge in [0.15, 0.2) is 0 Å². The van der Waals surface area contributed by atoms with E-state index in [1.807, 2.05) is 0 Å². The zero-order chi connectivity index (χ0) is 7.84. The molecule has 2 aliphatic carbocycles. The molecule has 0 saturated heterocycles. The third kappa shape index (κ3) is 1.33. The van der Waals surface area contributed by atoms with Gasteiger partial charge in [-0.2, -0.15) is 0 Å². The predicted octanol–water partition coefficient (Wildman–Crippen LogP) is 0.976. The molecule has 2 bridgehead atoms. The van der Waals surface area contributed by atoms with E-state index < -0.39 is 0 Å². The molecular weight excluding hydrogens is 136 g/mol. The van der Waals surface area contributed by atoms with Crippen LogP contribution in [0.5, 0.6) is 0 Å². The molecule has 2 aliphatic rings. The van der Waals surface area contributed by atoms with Crippen LogP contribution >= 0.6 is 0 Å². The van der Waals surface area contributed by atoms with Gasteiger partial charge in [-0.1, -0.05) is 11.6 Å². The second kappa shape index (κ2) is 2.61. The molecule has 0 heterocycles. The molecular formula is C9H16N2. The fourth-order valence-corrected chi connectivity index (χ4v) is 2.45. The lowest BCUT2D eigenvalue weighted by Crippen LogP contribution is -2.31. The van der Waals surface area contributed by atoms with E-state index in [1.54, 1.807) is 0 Å². The molecule has 0 aromatic carbocycles. The Morgan fingerprint density at radius 1 is 1.45 bits per heavy atom. The van der Waals surface area contributed by atoms with Crippen LogP contribution in [0.2, 0.25) is 0 Å². The number of hydrogen-bond acceptors (Lipinski definition) is 2. The zero-order valence-corrected chi connectivity index (χ0v) is 6.79. The van der Waals surface area contributed by atoms with Crippen molar-refractivity contribution < 1.29 is 0 Å². The molecule has 2 rings (SSSR count). The maximum Gasteiger partial charge on any atom is 0.0559 e. The van der Waals surface area contributed by atoms with E-state index in [9.17, 15) is 0 Å². The van der Waals surface area contributed by atoms with Crippen LogP contribution in [-0.2, 0) is 0 Å². The quantitative estimate of drug-likeness (QED) is 0.457. The highest BCUT2D eigenvalue weighted by Crippen LogP contribution is 2.44. The van der Waals surface area contributed by atoms with E-state index in [0.29, 0.717) is 0 Å². The normalized spacial score (nSPS) is 35.0. The maximum absolute atomic E-state index is 5.54. The van der Waals surface area contributed by atoms with E-state index >= 15 is 0 Å². The van der Waals surface area contributed by atoms with Gasteiger partial charge in [-0.3, -0.25) is 0 Å². The first-order valence-electron chi connectivity index (χ1n) is 4.47. The van der Waals surface area contributed by atoms with Gasteiger partial charge in [0, 0.05) is 0 Å². The summed E-state index contributed by atoms with van der Waals surface area (Å²) in [4.78, 5) is 0. The highest BCUT2D eigenvalue weighted by atomic mass is 14.8. The minimum Gasteiger partial charge on any atom is -0.316 e. The lowest BCUT2D eigenvalue weighted by Gasteiger charge is -2.14. The van der Waals surface area contributed by atoms with E-state index in [2.05, 4.69) is 6.08 Å². The van der Waals surface area contributed by atoms with Gasteiger partial charge in [0.2, 0.25) is 0 Å². The largest absolute Gasteiger partial charge is 0.316 e. The van der Waals surface area contributed by atoms with Gasteiger partial charge in [0.05, 0.1) is 6.17 Å². The second-order valence-corrected chi connectivity index (χ2v) is 3.88. The first kappa shape index (κ1) is 7.32. The average molecular weight is 152 g/mol. The minimum atomic E-state index is -0.138. The standard InChI is InChI=1S/C9H16N2/c10-9(11)5-8-4-6-1-2-7(8)3-6/h4,6-7,9H,1-3,5,10-11H2. The molecule has 0 spiro atoms. The lowest BCUT2D eigenvalue weighted by atomic mass is 9.95. The number of nitrogens with two attached hydrogens (primary N) is 2. The molecule has 2 atom stereocenters. The van der Waals surface area contributed by atoms with Crippen molar-refractivity contribution in [3.05, 3.63) is 11.6 Å². The third-order valence-corrected chi connectivity index (χ3v) is 2.92. The highest BCUT2D eigenvalue weighted by Gasteiger charge is 2.32.